The number of nitrogens with one attached hydrogen (secondary N) is 1. The molecule has 3 N–H and O–H groups in total. The molecule has 2 aromatic carbocycles. The van der Waals surface area contributed by atoms with Crippen molar-refractivity contribution in [3.63, 3.8) is 0 Å². The molecule has 216 valence electrons. The maximum atomic E-state index is 14.0. The molecule has 0 spiro atoms. The van der Waals surface area contributed by atoms with Crippen LogP contribution in [0.3, 0.4) is 0 Å². The summed E-state index contributed by atoms with van der Waals surface area (Å²) in [4.78, 5) is 28.5. The molecule has 1 aliphatic rings. The van der Waals surface area contributed by atoms with Crippen LogP contribution in [0.25, 0.3) is 5.65 Å². The molecule has 3 heterocycles. The Kier molecular flexibility index (Phi) is 7.93. The van der Waals surface area contributed by atoms with Gasteiger partial charge in [0.2, 0.25) is 11.7 Å². The van der Waals surface area contributed by atoms with Crippen LogP contribution in [0.1, 0.15) is 48.8 Å². The molecule has 1 saturated heterocycles. The van der Waals surface area contributed by atoms with E-state index in [1.807, 2.05) is 11.9 Å². The van der Waals surface area contributed by atoms with Gasteiger partial charge < -0.3 is 16.0 Å². The number of halogens is 3. The highest BCUT2D eigenvalue weighted by molar-refractivity contribution is 6.04. The van der Waals surface area contributed by atoms with Crippen molar-refractivity contribution in [2.45, 2.75) is 19.6 Å². The largest absolute Gasteiger partial charge is 0.416 e. The molecule has 10 nitrogen and oxygen atoms in total. The van der Waals surface area contributed by atoms with Crippen LogP contribution >= 0.6 is 0 Å². The highest BCUT2D eigenvalue weighted by Gasteiger charge is 2.34. The van der Waals surface area contributed by atoms with E-state index in [0.29, 0.717) is 18.7 Å². The summed E-state index contributed by atoms with van der Waals surface area (Å²) in [6, 6.07) is 10.1. The van der Waals surface area contributed by atoms with Crippen LogP contribution in [-0.4, -0.2) is 74.7 Å². The van der Waals surface area contributed by atoms with Crippen LogP contribution in [-0.2, 0) is 12.7 Å². The van der Waals surface area contributed by atoms with E-state index < -0.39 is 23.6 Å². The molecule has 42 heavy (non-hydrogen) atoms. The van der Waals surface area contributed by atoms with Gasteiger partial charge in [0.05, 0.1) is 17.3 Å². The number of aryl methyl sites for hydroxylation is 1. The first-order valence-corrected chi connectivity index (χ1v) is 13.0. The van der Waals surface area contributed by atoms with E-state index in [-0.39, 0.29) is 40.4 Å². The van der Waals surface area contributed by atoms with Gasteiger partial charge in [-0.15, -0.1) is 10.2 Å². The van der Waals surface area contributed by atoms with Crippen LogP contribution in [0, 0.1) is 18.8 Å². The second-order valence-electron chi connectivity index (χ2n) is 10.1. The number of amides is 2. The topological polar surface area (TPSA) is 122 Å². The zero-order valence-corrected chi connectivity index (χ0v) is 22.9. The lowest BCUT2D eigenvalue weighted by Crippen LogP contribution is -2.44. The number of aromatic nitrogens is 4. The number of nitrogens with zero attached hydrogens (tertiary/aromatic N) is 6. The van der Waals surface area contributed by atoms with E-state index in [9.17, 15) is 22.8 Å². The molecule has 0 radical (unpaired) electrons. The van der Waals surface area contributed by atoms with Crippen LogP contribution < -0.4 is 11.1 Å². The van der Waals surface area contributed by atoms with Crippen LogP contribution in [0.15, 0.2) is 48.7 Å². The molecule has 13 heteroatoms. The zero-order chi connectivity index (χ0) is 30.0. The average Bonchev–Trinajstić information content (AvgIpc) is 3.36. The monoisotopic (exact) mass is 576 g/mol. The highest BCUT2D eigenvalue weighted by Crippen LogP contribution is 2.34. The van der Waals surface area contributed by atoms with Gasteiger partial charge in [0.1, 0.15) is 0 Å². The minimum Gasteiger partial charge on any atom is -0.366 e. The summed E-state index contributed by atoms with van der Waals surface area (Å²) in [5.41, 5.74) is 6.66. The number of likely N-dealkylation sites (N-methyl/N-ethyl adjacent to an activating group) is 1. The molecular weight excluding hydrogens is 549 g/mol. The van der Waals surface area contributed by atoms with Crippen molar-refractivity contribution in [3.05, 3.63) is 87.9 Å². The first-order chi connectivity index (χ1) is 20.0. The fourth-order valence-corrected chi connectivity index (χ4v) is 4.53. The SMILES string of the molecule is Cc1ccc(C(=O)Nc2ccc(CN3CCN(C)CC3)c(C(F)(F)F)c2)cc1C#Cc1nnc2cc(C(N)=O)cnn12. The summed E-state index contributed by atoms with van der Waals surface area (Å²) in [5, 5.41) is 14.6. The quantitative estimate of drug-likeness (QED) is 0.351. The Morgan fingerprint density at radius 1 is 1.00 bits per heavy atom. The second-order valence-corrected chi connectivity index (χ2v) is 10.1. The summed E-state index contributed by atoms with van der Waals surface area (Å²) < 4.78 is 43.2. The Hall–Kier alpha value is -4.80. The van der Waals surface area contributed by atoms with E-state index in [4.69, 9.17) is 5.73 Å². The lowest BCUT2D eigenvalue weighted by molar-refractivity contribution is -0.138. The number of carbonyl (C=O) groups excluding carboxylic acids is 2. The first-order valence-electron chi connectivity index (χ1n) is 13.0. The number of anilines is 1. The Labute approximate surface area is 239 Å². The van der Waals surface area contributed by atoms with Gasteiger partial charge in [-0.1, -0.05) is 18.1 Å². The van der Waals surface area contributed by atoms with Crippen molar-refractivity contribution in [2.75, 3.05) is 38.5 Å². The maximum Gasteiger partial charge on any atom is 0.416 e. The highest BCUT2D eigenvalue weighted by atomic mass is 19.4. The number of piperazine rings is 1. The van der Waals surface area contributed by atoms with Crippen molar-refractivity contribution in [2.24, 2.45) is 5.73 Å². The number of alkyl halides is 3. The van der Waals surface area contributed by atoms with Crippen molar-refractivity contribution >= 4 is 23.1 Å². The molecule has 4 aromatic rings. The molecule has 1 fully saturated rings. The third kappa shape index (κ3) is 6.40. The van der Waals surface area contributed by atoms with Gasteiger partial charge in [0, 0.05) is 49.5 Å². The zero-order valence-electron chi connectivity index (χ0n) is 22.9. The maximum absolute atomic E-state index is 14.0. The van der Waals surface area contributed by atoms with Gasteiger partial charge in [-0.3, -0.25) is 14.5 Å². The summed E-state index contributed by atoms with van der Waals surface area (Å²) in [6.07, 6.45) is -3.29. The number of rotatable bonds is 5. The van der Waals surface area contributed by atoms with Crippen molar-refractivity contribution in [3.8, 4) is 11.8 Å². The molecular formula is C29H27F3N8O2. The Morgan fingerprint density at radius 2 is 1.76 bits per heavy atom. The molecule has 1 aliphatic heterocycles. The Bertz CT molecular complexity index is 1730. The average molecular weight is 577 g/mol. The van der Waals surface area contributed by atoms with Crippen LogP contribution in [0.4, 0.5) is 18.9 Å². The number of hydrogen-bond donors (Lipinski definition) is 2. The minimum atomic E-state index is -4.57. The van der Waals surface area contributed by atoms with Crippen LogP contribution in [0.2, 0.25) is 0 Å². The Balaban J connectivity index is 1.35. The number of fused-ring (bicyclic) bond motifs is 1. The van der Waals surface area contributed by atoms with Gasteiger partial charge in [0.25, 0.3) is 5.91 Å². The first kappa shape index (κ1) is 28.7. The summed E-state index contributed by atoms with van der Waals surface area (Å²) in [6.45, 7) is 4.95. The number of primary amides is 1. The van der Waals surface area contributed by atoms with Gasteiger partial charge >= 0.3 is 6.18 Å². The smallest absolute Gasteiger partial charge is 0.366 e. The summed E-state index contributed by atoms with van der Waals surface area (Å²) in [5.74, 6) is 4.77. The fourth-order valence-electron chi connectivity index (χ4n) is 4.53. The molecule has 0 bridgehead atoms. The molecule has 0 unspecified atom stereocenters. The third-order valence-electron chi connectivity index (χ3n) is 7.02. The predicted molar refractivity (Wildman–Crippen MR) is 149 cm³/mol. The lowest BCUT2D eigenvalue weighted by Gasteiger charge is -2.33. The predicted octanol–water partition coefficient (Wildman–Crippen LogP) is 2.95. The molecule has 0 saturated carbocycles. The normalized spacial score (nSPS) is 14.4. The van der Waals surface area contributed by atoms with Crippen molar-refractivity contribution in [1.82, 2.24) is 29.6 Å². The molecule has 2 aromatic heterocycles. The minimum absolute atomic E-state index is 0.0407. The second kappa shape index (κ2) is 11.6. The van der Waals surface area contributed by atoms with Gasteiger partial charge in [-0.25, -0.2) is 0 Å². The van der Waals surface area contributed by atoms with Gasteiger partial charge in [0.15, 0.2) is 5.65 Å². The van der Waals surface area contributed by atoms with E-state index in [1.54, 1.807) is 25.1 Å². The number of nitrogens with two attached hydrogens (primary N) is 1. The fraction of sp³-hybridized carbons (Fsp3) is 0.276. The number of benzene rings is 2. The third-order valence-corrected chi connectivity index (χ3v) is 7.02. The van der Waals surface area contributed by atoms with E-state index >= 15 is 0 Å². The van der Waals surface area contributed by atoms with Gasteiger partial charge in [-0.2, -0.15) is 22.8 Å². The summed E-state index contributed by atoms with van der Waals surface area (Å²) in [7, 11) is 1.99. The molecule has 0 aliphatic carbocycles. The lowest BCUT2D eigenvalue weighted by atomic mass is 10.0. The van der Waals surface area contributed by atoms with E-state index in [1.165, 1.54) is 28.9 Å². The van der Waals surface area contributed by atoms with Crippen molar-refractivity contribution < 1.29 is 22.8 Å². The summed E-state index contributed by atoms with van der Waals surface area (Å²) >= 11 is 0. The molecule has 0 atom stereocenters. The number of hydrogen-bond acceptors (Lipinski definition) is 7. The van der Waals surface area contributed by atoms with Crippen molar-refractivity contribution in [1.29, 1.82) is 0 Å². The Morgan fingerprint density at radius 3 is 2.48 bits per heavy atom. The van der Waals surface area contributed by atoms with Crippen LogP contribution in [0.5, 0.6) is 0 Å². The molecule has 5 rings (SSSR count). The standard InChI is InChI=1S/C29H27F3N8O2/c1-18-3-4-20(13-19(18)6-8-25-36-37-26-14-22(27(33)41)16-34-40(25)26)28(42)35-23-7-5-21(24(15-23)29(30,31)32)17-39-11-9-38(2)10-12-39/h3-5,7,13-16H,9-12,17H2,1-2H3,(H2,33,41)(H,35,42). The van der Waals surface area contributed by atoms with Gasteiger partial charge in [-0.05, 0) is 61.4 Å². The van der Waals surface area contributed by atoms with E-state index in [2.05, 4.69) is 37.4 Å². The number of carbonyl (C=O) groups is 2. The van der Waals surface area contributed by atoms with E-state index in [0.717, 1.165) is 24.7 Å². The molecule has 2 amide bonds.